The number of rotatable bonds is 1. The number of allylic oxidation sites excluding steroid dienone is 1. The highest BCUT2D eigenvalue weighted by Crippen LogP contribution is 2.44. The smallest absolute Gasteiger partial charge is 0.172 e. The van der Waals surface area contributed by atoms with Gasteiger partial charge in [0.15, 0.2) is 5.78 Å². The molecule has 1 saturated heterocycles. The van der Waals surface area contributed by atoms with Crippen LogP contribution >= 0.6 is 0 Å². The molecule has 2 aliphatic carbocycles. The van der Waals surface area contributed by atoms with Gasteiger partial charge in [-0.3, -0.25) is 4.79 Å². The number of aliphatic imine (C=N–C) groups is 1. The summed E-state index contributed by atoms with van der Waals surface area (Å²) in [6.45, 7) is 4.51. The van der Waals surface area contributed by atoms with Gasteiger partial charge in [0.05, 0.1) is 5.57 Å². The number of carbonyl (C=O) groups excluding carboxylic acids is 1. The van der Waals surface area contributed by atoms with Gasteiger partial charge in [0.2, 0.25) is 0 Å². The first kappa shape index (κ1) is 21.5. The second kappa shape index (κ2) is 8.87. The monoisotopic (exact) mass is 430 g/mol. The largest absolute Gasteiger partial charge is 0.396 e. The molecule has 32 heavy (non-hydrogen) atoms. The molecule has 1 N–H and O–H groups in total. The number of benzene rings is 1. The summed E-state index contributed by atoms with van der Waals surface area (Å²) >= 11 is 0. The van der Waals surface area contributed by atoms with Gasteiger partial charge in [0.25, 0.3) is 0 Å². The minimum Gasteiger partial charge on any atom is -0.396 e. The van der Waals surface area contributed by atoms with Crippen LogP contribution in [0.3, 0.4) is 0 Å². The van der Waals surface area contributed by atoms with E-state index in [9.17, 15) is 9.90 Å². The molecule has 3 atom stereocenters. The number of ketones is 1. The number of amidine groups is 1. The maximum Gasteiger partial charge on any atom is 0.172 e. The molecule has 2 aliphatic heterocycles. The van der Waals surface area contributed by atoms with E-state index in [0.29, 0.717) is 23.3 Å². The van der Waals surface area contributed by atoms with Crippen LogP contribution in [0.25, 0.3) is 0 Å². The van der Waals surface area contributed by atoms with Crippen molar-refractivity contribution in [3.8, 4) is 11.8 Å². The van der Waals surface area contributed by atoms with E-state index in [1.807, 2.05) is 0 Å². The Morgan fingerprint density at radius 3 is 2.56 bits per heavy atom. The Kier molecular flexibility index (Phi) is 5.95. The van der Waals surface area contributed by atoms with Crippen molar-refractivity contribution in [2.45, 2.75) is 58.3 Å². The maximum atomic E-state index is 12.7. The predicted molar refractivity (Wildman–Crippen MR) is 127 cm³/mol. The number of fused-ring (bicyclic) bond motifs is 1. The van der Waals surface area contributed by atoms with Crippen molar-refractivity contribution >= 4 is 11.6 Å². The van der Waals surface area contributed by atoms with Crippen molar-refractivity contribution in [2.24, 2.45) is 28.2 Å². The first-order chi connectivity index (χ1) is 15.5. The number of aliphatic hydroxyl groups excluding tert-OH is 1. The van der Waals surface area contributed by atoms with E-state index in [0.717, 1.165) is 38.2 Å². The van der Waals surface area contributed by atoms with Gasteiger partial charge < -0.3 is 10.0 Å². The van der Waals surface area contributed by atoms with E-state index in [2.05, 4.69) is 47.9 Å². The summed E-state index contributed by atoms with van der Waals surface area (Å²) in [7, 11) is 0. The molecule has 1 aromatic carbocycles. The molecule has 1 spiro atoms. The predicted octanol–water partition coefficient (Wildman–Crippen LogP) is 4.17. The molecule has 2 fully saturated rings. The maximum absolute atomic E-state index is 12.7. The van der Waals surface area contributed by atoms with Crippen LogP contribution in [0.1, 0.15) is 56.6 Å². The Morgan fingerprint density at radius 1 is 1.19 bits per heavy atom. The number of carbonyl (C=O) groups is 1. The topological polar surface area (TPSA) is 52.9 Å². The summed E-state index contributed by atoms with van der Waals surface area (Å²) in [5, 5.41) is 9.24. The fourth-order valence-corrected chi connectivity index (χ4v) is 5.66. The third-order valence-corrected chi connectivity index (χ3v) is 8.03. The molecule has 3 unspecified atom stereocenters. The van der Waals surface area contributed by atoms with Crippen LogP contribution in [-0.2, 0) is 17.6 Å². The second-order valence-electron chi connectivity index (χ2n) is 10.5. The van der Waals surface area contributed by atoms with Crippen LogP contribution in [0, 0.1) is 35.0 Å². The van der Waals surface area contributed by atoms with Gasteiger partial charge in [-0.2, -0.15) is 0 Å². The molecule has 1 saturated carbocycles. The lowest BCUT2D eigenvalue weighted by Gasteiger charge is -2.41. The molecule has 0 aromatic heterocycles. The minimum atomic E-state index is 0.108. The van der Waals surface area contributed by atoms with Crippen LogP contribution in [0.2, 0.25) is 0 Å². The number of piperidine rings is 1. The Bertz CT molecular complexity index is 977. The van der Waals surface area contributed by atoms with Crippen LogP contribution in [0.5, 0.6) is 0 Å². The van der Waals surface area contributed by atoms with Crippen LogP contribution in [0.4, 0.5) is 0 Å². The first-order valence-corrected chi connectivity index (χ1v) is 12.3. The molecular formula is C28H34N2O2. The van der Waals surface area contributed by atoms with Gasteiger partial charge in [-0.1, -0.05) is 43.0 Å². The molecule has 168 valence electrons. The molecule has 4 nitrogen and oxygen atoms in total. The molecule has 4 aliphatic rings. The fourth-order valence-electron chi connectivity index (χ4n) is 5.66. The van der Waals surface area contributed by atoms with Crippen LogP contribution in [0.15, 0.2) is 41.0 Å². The fraction of sp³-hybridized carbons (Fsp3) is 0.571. The molecule has 5 rings (SSSR count). The van der Waals surface area contributed by atoms with E-state index >= 15 is 0 Å². The van der Waals surface area contributed by atoms with E-state index in [1.165, 1.54) is 36.8 Å². The molecule has 1 aromatic rings. The summed E-state index contributed by atoms with van der Waals surface area (Å²) in [4.78, 5) is 20.0. The summed E-state index contributed by atoms with van der Waals surface area (Å²) in [5.74, 6) is 8.49. The lowest BCUT2D eigenvalue weighted by atomic mass is 9.76. The standard InChI is InChI=1S/C28H34N2O2/c1-20-6-9-26(32)24(8-7-21-15-25(21)19-31)18-29-27(14-20)30-12-10-28(11-13-30)16-22-4-2-3-5-23(22)17-28/h2-5,18,20-21,25,31H,6,9-17,19H2,1H3/b24-18-,29-27+. The van der Waals surface area contributed by atoms with Crippen molar-refractivity contribution in [3.05, 3.63) is 47.2 Å². The van der Waals surface area contributed by atoms with Gasteiger partial charge in [-0.25, -0.2) is 4.99 Å². The number of aliphatic hydroxyl groups is 1. The number of likely N-dealkylation sites (tertiary alicyclic amines) is 1. The van der Waals surface area contributed by atoms with Crippen molar-refractivity contribution < 1.29 is 9.90 Å². The van der Waals surface area contributed by atoms with E-state index in [4.69, 9.17) is 4.99 Å². The van der Waals surface area contributed by atoms with Crippen LogP contribution in [-0.4, -0.2) is 41.3 Å². The highest BCUT2D eigenvalue weighted by Gasteiger charge is 2.40. The molecular weight excluding hydrogens is 396 g/mol. The van der Waals surface area contributed by atoms with Gasteiger partial charge in [0.1, 0.15) is 5.84 Å². The molecule has 2 heterocycles. The Balaban J connectivity index is 1.30. The molecule has 0 radical (unpaired) electrons. The zero-order valence-corrected chi connectivity index (χ0v) is 19.1. The van der Waals surface area contributed by atoms with Gasteiger partial charge in [0, 0.05) is 44.7 Å². The summed E-state index contributed by atoms with van der Waals surface area (Å²) in [6.07, 6.45) is 9.85. The number of Topliss-reactive ketones (excluding diaryl/α,β-unsaturated/α-hetero) is 1. The number of nitrogens with zero attached hydrogens (tertiary/aromatic N) is 2. The Morgan fingerprint density at radius 2 is 1.91 bits per heavy atom. The van der Waals surface area contributed by atoms with Crippen molar-refractivity contribution in [1.82, 2.24) is 4.90 Å². The van der Waals surface area contributed by atoms with Gasteiger partial charge in [-0.15, -0.1) is 0 Å². The number of hydrogen-bond acceptors (Lipinski definition) is 4. The van der Waals surface area contributed by atoms with E-state index in [-0.39, 0.29) is 24.2 Å². The summed E-state index contributed by atoms with van der Waals surface area (Å²) < 4.78 is 0. The van der Waals surface area contributed by atoms with Crippen molar-refractivity contribution in [3.63, 3.8) is 0 Å². The second-order valence-corrected chi connectivity index (χ2v) is 10.5. The van der Waals surface area contributed by atoms with Crippen LogP contribution < -0.4 is 0 Å². The highest BCUT2D eigenvalue weighted by atomic mass is 16.3. The third-order valence-electron chi connectivity index (χ3n) is 8.03. The minimum absolute atomic E-state index is 0.108. The third kappa shape index (κ3) is 4.55. The summed E-state index contributed by atoms with van der Waals surface area (Å²) in [5.41, 5.74) is 4.04. The van der Waals surface area contributed by atoms with E-state index < -0.39 is 0 Å². The summed E-state index contributed by atoms with van der Waals surface area (Å²) in [6, 6.07) is 8.94. The first-order valence-electron chi connectivity index (χ1n) is 12.3. The van der Waals surface area contributed by atoms with Crippen molar-refractivity contribution in [2.75, 3.05) is 19.7 Å². The Hall–Kier alpha value is -2.38. The number of hydrogen-bond donors (Lipinski definition) is 1. The van der Waals surface area contributed by atoms with Gasteiger partial charge >= 0.3 is 0 Å². The Labute approximate surface area is 191 Å². The molecule has 0 bridgehead atoms. The molecule has 4 heteroatoms. The SMILES string of the molecule is CC1CCC(=O)/C(C#CC2CC2CO)=C\N=C(\N2CCC3(CC2)Cc2ccccc2C3)C1. The van der Waals surface area contributed by atoms with E-state index in [1.54, 1.807) is 6.20 Å². The molecule has 0 amide bonds. The zero-order chi connectivity index (χ0) is 22.1. The van der Waals surface area contributed by atoms with Crippen molar-refractivity contribution in [1.29, 1.82) is 0 Å². The van der Waals surface area contributed by atoms with Gasteiger partial charge in [-0.05, 0) is 66.9 Å². The quantitative estimate of drug-likeness (QED) is 0.681. The normalized spacial score (nSPS) is 32.4. The lowest BCUT2D eigenvalue weighted by Crippen LogP contribution is -2.44. The average molecular weight is 431 g/mol. The average Bonchev–Trinajstić information content (AvgIpc) is 3.46. The zero-order valence-electron chi connectivity index (χ0n) is 19.1. The highest BCUT2D eigenvalue weighted by molar-refractivity contribution is 6.00. The lowest BCUT2D eigenvalue weighted by molar-refractivity contribution is -0.115.